The average molecular weight is 283 g/mol. The third-order valence-corrected chi connectivity index (χ3v) is 6.16. The van der Waals surface area contributed by atoms with Crippen LogP contribution in [0.2, 0.25) is 0 Å². The molecule has 4 aliphatic carbocycles. The molecule has 1 aromatic carbocycles. The number of anilines is 1. The molecule has 5 rings (SSSR count). The zero-order chi connectivity index (χ0) is 14.6. The lowest BCUT2D eigenvalue weighted by atomic mass is 9.49. The van der Waals surface area contributed by atoms with Gasteiger partial charge in [-0.05, 0) is 87.3 Å². The van der Waals surface area contributed by atoms with Gasteiger partial charge in [0.2, 0.25) is 5.91 Å². The van der Waals surface area contributed by atoms with Crippen molar-refractivity contribution in [2.24, 2.45) is 23.2 Å². The minimum atomic E-state index is -0.0507. The van der Waals surface area contributed by atoms with E-state index in [1.165, 1.54) is 30.4 Å². The van der Waals surface area contributed by atoms with E-state index in [0.717, 1.165) is 42.7 Å². The minimum Gasteiger partial charge on any atom is -0.325 e. The molecular weight excluding hydrogens is 258 g/mol. The molecule has 0 atom stereocenters. The number of amides is 1. The van der Waals surface area contributed by atoms with E-state index < -0.39 is 0 Å². The maximum atomic E-state index is 13.0. The Kier molecular flexibility index (Phi) is 2.92. The Bertz CT molecular complexity index is 554. The van der Waals surface area contributed by atoms with Crippen molar-refractivity contribution in [3.63, 3.8) is 0 Å². The monoisotopic (exact) mass is 283 g/mol. The van der Waals surface area contributed by atoms with E-state index >= 15 is 0 Å². The van der Waals surface area contributed by atoms with Crippen LogP contribution in [0.4, 0.5) is 5.69 Å². The highest BCUT2D eigenvalue weighted by Gasteiger charge is 2.54. The lowest BCUT2D eigenvalue weighted by molar-refractivity contribution is -0.140. The highest BCUT2D eigenvalue weighted by Crippen LogP contribution is 2.60. The lowest BCUT2D eigenvalue weighted by Gasteiger charge is -2.55. The van der Waals surface area contributed by atoms with Crippen LogP contribution in [0.1, 0.15) is 49.7 Å². The number of hydrogen-bond acceptors (Lipinski definition) is 1. The molecule has 0 aromatic heterocycles. The zero-order valence-electron chi connectivity index (χ0n) is 13.1. The van der Waals surface area contributed by atoms with Gasteiger partial charge in [-0.3, -0.25) is 4.79 Å². The van der Waals surface area contributed by atoms with Crippen LogP contribution in [0, 0.1) is 37.0 Å². The molecule has 1 amide bonds. The molecule has 1 N–H and O–H groups in total. The molecule has 0 unspecified atom stereocenters. The Morgan fingerprint density at radius 3 is 2.19 bits per heavy atom. The molecular formula is C19H25NO. The lowest BCUT2D eigenvalue weighted by Crippen LogP contribution is -2.51. The molecule has 112 valence electrons. The number of carbonyl (C=O) groups is 1. The second kappa shape index (κ2) is 4.59. The Hall–Kier alpha value is -1.31. The highest BCUT2D eigenvalue weighted by atomic mass is 16.2. The summed E-state index contributed by atoms with van der Waals surface area (Å²) in [7, 11) is 0. The van der Waals surface area contributed by atoms with Crippen molar-refractivity contribution in [3.05, 3.63) is 29.3 Å². The van der Waals surface area contributed by atoms with Crippen LogP contribution in [0.15, 0.2) is 18.2 Å². The summed E-state index contributed by atoms with van der Waals surface area (Å²) in [4.78, 5) is 13.0. The predicted molar refractivity (Wildman–Crippen MR) is 85.2 cm³/mol. The summed E-state index contributed by atoms with van der Waals surface area (Å²) in [6, 6.07) is 6.31. The first-order valence-corrected chi connectivity index (χ1v) is 8.43. The number of aryl methyl sites for hydroxylation is 2. The van der Waals surface area contributed by atoms with Crippen molar-refractivity contribution >= 4 is 11.6 Å². The van der Waals surface area contributed by atoms with Crippen LogP contribution in [0.5, 0.6) is 0 Å². The number of carbonyl (C=O) groups excluding carboxylic acids is 1. The van der Waals surface area contributed by atoms with Crippen LogP contribution in [-0.4, -0.2) is 5.91 Å². The normalized spacial score (nSPS) is 36.8. The van der Waals surface area contributed by atoms with Gasteiger partial charge in [-0.15, -0.1) is 0 Å². The van der Waals surface area contributed by atoms with Gasteiger partial charge in [-0.1, -0.05) is 12.1 Å². The van der Waals surface area contributed by atoms with E-state index in [1.807, 2.05) is 0 Å². The molecule has 0 saturated heterocycles. The predicted octanol–water partition coefficient (Wildman–Crippen LogP) is 4.46. The van der Waals surface area contributed by atoms with E-state index in [4.69, 9.17) is 0 Å². The number of rotatable bonds is 2. The van der Waals surface area contributed by atoms with Crippen LogP contribution < -0.4 is 5.32 Å². The quantitative estimate of drug-likeness (QED) is 0.853. The van der Waals surface area contributed by atoms with Crippen molar-refractivity contribution in [1.29, 1.82) is 0 Å². The molecule has 4 fully saturated rings. The van der Waals surface area contributed by atoms with Crippen LogP contribution >= 0.6 is 0 Å². The van der Waals surface area contributed by atoms with Gasteiger partial charge in [0, 0.05) is 5.69 Å². The van der Waals surface area contributed by atoms with Gasteiger partial charge in [-0.25, -0.2) is 0 Å². The van der Waals surface area contributed by atoms with Crippen molar-refractivity contribution in [1.82, 2.24) is 0 Å². The van der Waals surface area contributed by atoms with Gasteiger partial charge in [0.25, 0.3) is 0 Å². The average Bonchev–Trinajstić information content (AvgIpc) is 2.41. The van der Waals surface area contributed by atoms with E-state index in [2.05, 4.69) is 37.4 Å². The van der Waals surface area contributed by atoms with E-state index in [1.54, 1.807) is 0 Å². The Balaban J connectivity index is 1.59. The number of hydrogen-bond donors (Lipinski definition) is 1. The molecule has 0 spiro atoms. The second-order valence-corrected chi connectivity index (χ2v) is 7.97. The molecule has 21 heavy (non-hydrogen) atoms. The number of nitrogens with one attached hydrogen (secondary N) is 1. The summed E-state index contributed by atoms with van der Waals surface area (Å²) in [5.41, 5.74) is 3.33. The Morgan fingerprint density at radius 2 is 1.62 bits per heavy atom. The maximum absolute atomic E-state index is 13.0. The summed E-state index contributed by atoms with van der Waals surface area (Å²) < 4.78 is 0. The second-order valence-electron chi connectivity index (χ2n) is 7.97. The number of benzene rings is 1. The Labute approximate surface area is 127 Å². The largest absolute Gasteiger partial charge is 0.325 e. The van der Waals surface area contributed by atoms with Crippen LogP contribution in [0.25, 0.3) is 0 Å². The first kappa shape index (κ1) is 13.4. The smallest absolute Gasteiger partial charge is 0.230 e. The van der Waals surface area contributed by atoms with Crippen molar-refractivity contribution in [3.8, 4) is 0 Å². The molecule has 4 saturated carbocycles. The third kappa shape index (κ3) is 2.20. The van der Waals surface area contributed by atoms with Gasteiger partial charge < -0.3 is 5.32 Å². The standard InChI is InChI=1S/C19H25NO/c1-12-3-4-13(2)17(5-12)20-18(21)19-9-14-6-15(10-19)8-16(7-14)11-19/h3-5,14-16H,6-11H2,1-2H3,(H,20,21). The summed E-state index contributed by atoms with van der Waals surface area (Å²) in [5.74, 6) is 2.76. The van der Waals surface area contributed by atoms with Crippen molar-refractivity contribution in [2.75, 3.05) is 5.32 Å². The van der Waals surface area contributed by atoms with E-state index in [9.17, 15) is 4.79 Å². The molecule has 0 radical (unpaired) electrons. The van der Waals surface area contributed by atoms with Gasteiger partial charge in [0.1, 0.15) is 0 Å². The fourth-order valence-electron chi connectivity index (χ4n) is 5.51. The molecule has 0 aliphatic heterocycles. The van der Waals surface area contributed by atoms with Gasteiger partial charge >= 0.3 is 0 Å². The SMILES string of the molecule is Cc1ccc(C)c(NC(=O)C23CC4CC(CC(C4)C2)C3)c1. The fraction of sp³-hybridized carbons (Fsp3) is 0.632. The first-order chi connectivity index (χ1) is 10.0. The summed E-state index contributed by atoms with van der Waals surface area (Å²) >= 11 is 0. The van der Waals surface area contributed by atoms with Crippen LogP contribution in [-0.2, 0) is 4.79 Å². The molecule has 0 heterocycles. The first-order valence-electron chi connectivity index (χ1n) is 8.43. The van der Waals surface area contributed by atoms with Crippen LogP contribution in [0.3, 0.4) is 0 Å². The van der Waals surface area contributed by atoms with E-state index in [-0.39, 0.29) is 5.41 Å². The topological polar surface area (TPSA) is 29.1 Å². The third-order valence-electron chi connectivity index (χ3n) is 6.16. The summed E-state index contributed by atoms with van der Waals surface area (Å²) in [6.07, 6.45) is 7.56. The molecule has 4 bridgehead atoms. The maximum Gasteiger partial charge on any atom is 0.230 e. The minimum absolute atomic E-state index is 0.0507. The highest BCUT2D eigenvalue weighted by molar-refractivity contribution is 5.96. The van der Waals surface area contributed by atoms with Gasteiger partial charge in [-0.2, -0.15) is 0 Å². The van der Waals surface area contributed by atoms with Crippen molar-refractivity contribution in [2.45, 2.75) is 52.4 Å². The van der Waals surface area contributed by atoms with Gasteiger partial charge in [0.15, 0.2) is 0 Å². The van der Waals surface area contributed by atoms with Gasteiger partial charge in [0.05, 0.1) is 5.41 Å². The Morgan fingerprint density at radius 1 is 1.05 bits per heavy atom. The van der Waals surface area contributed by atoms with Crippen molar-refractivity contribution < 1.29 is 4.79 Å². The molecule has 1 aromatic rings. The van der Waals surface area contributed by atoms with E-state index in [0.29, 0.717) is 5.91 Å². The fourth-order valence-corrected chi connectivity index (χ4v) is 5.51. The summed E-state index contributed by atoms with van der Waals surface area (Å²) in [5, 5.41) is 3.27. The molecule has 4 aliphatic rings. The molecule has 2 nitrogen and oxygen atoms in total. The zero-order valence-corrected chi connectivity index (χ0v) is 13.1. The molecule has 2 heteroatoms. The summed E-state index contributed by atoms with van der Waals surface area (Å²) in [6.45, 7) is 4.16.